The van der Waals surface area contributed by atoms with Crippen molar-refractivity contribution in [1.29, 1.82) is 0 Å². The highest BCUT2D eigenvalue weighted by Gasteiger charge is 2.50. The van der Waals surface area contributed by atoms with Crippen LogP contribution >= 0.6 is 0 Å². The first kappa shape index (κ1) is 47.9. The highest BCUT2D eigenvalue weighted by atomic mass is 16.6. The average Bonchev–Trinajstić information content (AvgIpc) is 3.22. The van der Waals surface area contributed by atoms with Gasteiger partial charge in [-0.15, -0.1) is 0 Å². The predicted molar refractivity (Wildman–Crippen MR) is 239 cm³/mol. The van der Waals surface area contributed by atoms with Gasteiger partial charge < -0.3 is 39.4 Å². The first-order chi connectivity index (χ1) is 28.7. The van der Waals surface area contributed by atoms with E-state index in [4.69, 9.17) is 18.9 Å². The minimum atomic E-state index is -1.20. The molecular formula is C49H72N4O7. The molecule has 2 N–H and O–H groups in total. The van der Waals surface area contributed by atoms with Crippen molar-refractivity contribution < 1.29 is 33.3 Å². The topological polar surface area (TPSA) is 119 Å². The van der Waals surface area contributed by atoms with Crippen LogP contribution in [-0.4, -0.2) is 91.9 Å². The van der Waals surface area contributed by atoms with Gasteiger partial charge in [0.2, 0.25) is 11.8 Å². The van der Waals surface area contributed by atoms with Crippen molar-refractivity contribution in [3.8, 4) is 17.2 Å². The molecular weight excluding hydrogens is 757 g/mol. The smallest absolute Gasteiger partial charge is 0.408 e. The maximum atomic E-state index is 15.5. The molecule has 1 aliphatic rings. The lowest BCUT2D eigenvalue weighted by molar-refractivity contribution is -0.153. The molecule has 3 amide bonds. The summed E-state index contributed by atoms with van der Waals surface area (Å²) in [5.41, 5.74) is 1.00. The quantitative estimate of drug-likeness (QED) is 0.0964. The molecule has 4 rings (SSSR count). The largest absolute Gasteiger partial charge is 0.497 e. The number of alkyl carbamates (subject to hydrolysis) is 1. The van der Waals surface area contributed by atoms with Gasteiger partial charge in [0.25, 0.3) is 0 Å². The van der Waals surface area contributed by atoms with E-state index in [9.17, 15) is 4.79 Å². The number of likely N-dealkylation sites (tertiary alicyclic amines) is 1. The Bertz CT molecular complexity index is 1770. The van der Waals surface area contributed by atoms with E-state index in [1.165, 1.54) is 5.56 Å². The number of ether oxygens (including phenoxy) is 4. The van der Waals surface area contributed by atoms with Crippen LogP contribution in [0.15, 0.2) is 72.8 Å². The zero-order chi connectivity index (χ0) is 43.7. The predicted octanol–water partition coefficient (Wildman–Crippen LogP) is 9.12. The molecule has 11 nitrogen and oxygen atoms in total. The fraction of sp³-hybridized carbons (Fsp3) is 0.571. The summed E-state index contributed by atoms with van der Waals surface area (Å²) in [6.07, 6.45) is 6.86. The average molecular weight is 829 g/mol. The molecule has 1 fully saturated rings. The third kappa shape index (κ3) is 13.9. The summed E-state index contributed by atoms with van der Waals surface area (Å²) in [6, 6.07) is 22.4. The Kier molecular flexibility index (Phi) is 18.6. The molecule has 11 heteroatoms. The molecule has 330 valence electrons. The molecule has 1 aliphatic heterocycles. The summed E-state index contributed by atoms with van der Waals surface area (Å²) >= 11 is 0. The zero-order valence-corrected chi connectivity index (χ0v) is 37.8. The molecule has 2 atom stereocenters. The Hall–Kier alpha value is -4.77. The highest BCUT2D eigenvalue weighted by Crippen LogP contribution is 2.37. The van der Waals surface area contributed by atoms with Gasteiger partial charge >= 0.3 is 6.09 Å². The van der Waals surface area contributed by atoms with Crippen LogP contribution < -0.4 is 24.8 Å². The number of hydrogen-bond donors (Lipinski definition) is 2. The molecule has 0 bridgehead atoms. The highest BCUT2D eigenvalue weighted by molar-refractivity contribution is 5.95. The van der Waals surface area contributed by atoms with Gasteiger partial charge in [0.05, 0.1) is 26.9 Å². The number of benzene rings is 3. The summed E-state index contributed by atoms with van der Waals surface area (Å²) < 4.78 is 22.8. The van der Waals surface area contributed by atoms with Gasteiger partial charge in [-0.3, -0.25) is 9.59 Å². The second kappa shape index (κ2) is 23.3. The molecule has 3 aromatic rings. The van der Waals surface area contributed by atoms with E-state index >= 15 is 9.59 Å². The summed E-state index contributed by atoms with van der Waals surface area (Å²) in [5, 5.41) is 6.34. The van der Waals surface area contributed by atoms with Crippen molar-refractivity contribution in [2.24, 2.45) is 5.92 Å². The third-order valence-corrected chi connectivity index (χ3v) is 11.1. The molecule has 0 aromatic heterocycles. The maximum Gasteiger partial charge on any atom is 0.408 e. The van der Waals surface area contributed by atoms with Gasteiger partial charge in [-0.25, -0.2) is 4.79 Å². The van der Waals surface area contributed by atoms with Crippen LogP contribution in [0.25, 0.3) is 0 Å². The standard InChI is InChI=1S/C49H72N4O7/c1-10-30-53(45(54)42(34-36(3)4)50-47(56)60-48(5,6)7)49(28-32-52(33-29-49)31-18-13-12-15-19-37-20-16-14-17-21-37)46(55)51-44(38-22-24-39(25-23-38)59-11-2)41-27-26-40(57-8)35-43(41)58-9/h14,16-17,20-27,35-36,42,44H,10-13,15,18-19,28-34H2,1-9H3,(H,50,56)(H,51,55). The Balaban J connectivity index is 1.68. The number of aryl methyl sites for hydroxylation is 1. The van der Waals surface area contributed by atoms with Crippen LogP contribution in [0.1, 0.15) is 123 Å². The number of piperidine rings is 1. The van der Waals surface area contributed by atoms with E-state index in [0.717, 1.165) is 55.5 Å². The van der Waals surface area contributed by atoms with Gasteiger partial charge in [0.15, 0.2) is 0 Å². The van der Waals surface area contributed by atoms with Gasteiger partial charge in [0, 0.05) is 31.3 Å². The van der Waals surface area contributed by atoms with E-state index in [1.807, 2.05) is 70.2 Å². The molecule has 0 saturated carbocycles. The SMILES string of the molecule is CCCN(C(=O)C(CC(C)C)NC(=O)OC(C)(C)C)C1(C(=O)NC(c2ccc(OCC)cc2)c2ccc(OC)cc2OC)CCN(CCCCCCc2ccccc2)CC1. The van der Waals surface area contributed by atoms with E-state index in [2.05, 4.69) is 45.9 Å². The normalized spacial score (nSPS) is 15.1. The summed E-state index contributed by atoms with van der Waals surface area (Å²) in [5.74, 6) is 1.46. The van der Waals surface area contributed by atoms with Crippen molar-refractivity contribution in [1.82, 2.24) is 20.4 Å². The summed E-state index contributed by atoms with van der Waals surface area (Å²) in [6.45, 7) is 16.5. The van der Waals surface area contributed by atoms with Gasteiger partial charge in [-0.1, -0.05) is 76.1 Å². The third-order valence-electron chi connectivity index (χ3n) is 11.1. The van der Waals surface area contributed by atoms with E-state index in [-0.39, 0.29) is 17.7 Å². The van der Waals surface area contributed by atoms with Gasteiger partial charge in [0.1, 0.15) is 34.4 Å². The van der Waals surface area contributed by atoms with Crippen molar-refractivity contribution in [3.63, 3.8) is 0 Å². The van der Waals surface area contributed by atoms with Crippen LogP contribution in [0.5, 0.6) is 17.2 Å². The lowest BCUT2D eigenvalue weighted by Crippen LogP contribution is -2.67. The monoisotopic (exact) mass is 829 g/mol. The number of nitrogens with zero attached hydrogens (tertiary/aromatic N) is 2. The lowest BCUT2D eigenvalue weighted by atomic mass is 9.82. The Morgan fingerprint density at radius 3 is 2.10 bits per heavy atom. The Morgan fingerprint density at radius 1 is 0.833 bits per heavy atom. The van der Waals surface area contributed by atoms with Crippen molar-refractivity contribution in [2.75, 3.05) is 47.0 Å². The fourth-order valence-corrected chi connectivity index (χ4v) is 8.10. The molecule has 1 saturated heterocycles. The van der Waals surface area contributed by atoms with Crippen molar-refractivity contribution >= 4 is 17.9 Å². The lowest BCUT2D eigenvalue weighted by Gasteiger charge is -2.49. The molecule has 0 spiro atoms. The number of rotatable bonds is 22. The van der Waals surface area contributed by atoms with E-state index in [1.54, 1.807) is 39.9 Å². The number of methoxy groups -OCH3 is 2. The minimum absolute atomic E-state index is 0.0863. The van der Waals surface area contributed by atoms with Crippen LogP contribution in [0.4, 0.5) is 4.79 Å². The number of carbonyl (C=O) groups is 3. The Labute approximate surface area is 359 Å². The first-order valence-corrected chi connectivity index (χ1v) is 22.1. The van der Waals surface area contributed by atoms with Crippen molar-refractivity contribution in [3.05, 3.63) is 89.5 Å². The molecule has 0 aliphatic carbocycles. The fourth-order valence-electron chi connectivity index (χ4n) is 8.10. The summed E-state index contributed by atoms with van der Waals surface area (Å²) in [7, 11) is 3.20. The zero-order valence-electron chi connectivity index (χ0n) is 37.8. The second-order valence-electron chi connectivity index (χ2n) is 17.4. The van der Waals surface area contributed by atoms with Crippen LogP contribution in [0.3, 0.4) is 0 Å². The molecule has 3 aromatic carbocycles. The first-order valence-electron chi connectivity index (χ1n) is 22.1. The van der Waals surface area contributed by atoms with Gasteiger partial charge in [-0.2, -0.15) is 0 Å². The number of carbonyl (C=O) groups excluding carboxylic acids is 3. The Morgan fingerprint density at radius 2 is 1.50 bits per heavy atom. The summed E-state index contributed by atoms with van der Waals surface area (Å²) in [4.78, 5) is 47.9. The number of unbranched alkanes of at least 4 members (excludes halogenated alkanes) is 3. The van der Waals surface area contributed by atoms with Crippen LogP contribution in [-0.2, 0) is 20.7 Å². The molecule has 2 unspecified atom stereocenters. The van der Waals surface area contributed by atoms with Gasteiger partial charge in [-0.05, 0) is 120 Å². The number of amides is 3. The number of nitrogens with one attached hydrogen (secondary N) is 2. The molecule has 0 radical (unpaired) electrons. The molecule has 60 heavy (non-hydrogen) atoms. The van der Waals surface area contributed by atoms with E-state index < -0.39 is 29.3 Å². The van der Waals surface area contributed by atoms with Crippen LogP contribution in [0.2, 0.25) is 0 Å². The molecule has 1 heterocycles. The maximum absolute atomic E-state index is 15.5. The van der Waals surface area contributed by atoms with E-state index in [0.29, 0.717) is 63.4 Å². The minimum Gasteiger partial charge on any atom is -0.497 e. The van der Waals surface area contributed by atoms with Crippen LogP contribution in [0, 0.1) is 5.92 Å². The second-order valence-corrected chi connectivity index (χ2v) is 17.4. The number of hydrogen-bond acceptors (Lipinski definition) is 8. The van der Waals surface area contributed by atoms with Crippen molar-refractivity contribution in [2.45, 2.75) is 129 Å².